The number of rotatable bonds is 3. The molecule has 0 N–H and O–H groups in total. The molecular formula is C15H15N3O. The van der Waals surface area contributed by atoms with E-state index in [0.717, 1.165) is 27.8 Å². The summed E-state index contributed by atoms with van der Waals surface area (Å²) in [4.78, 5) is 1.69. The largest absolute Gasteiger partial charge is 0.380 e. The van der Waals surface area contributed by atoms with E-state index in [1.54, 1.807) is 11.9 Å². The molecule has 19 heavy (non-hydrogen) atoms. The van der Waals surface area contributed by atoms with Crippen molar-refractivity contribution >= 4 is 11.0 Å². The quantitative estimate of drug-likeness (QED) is 0.720. The van der Waals surface area contributed by atoms with Gasteiger partial charge in [0, 0.05) is 7.11 Å². The molecule has 4 nitrogen and oxygen atoms in total. The third kappa shape index (κ3) is 2.22. The van der Waals surface area contributed by atoms with Crippen molar-refractivity contribution in [1.82, 2.24) is 15.0 Å². The van der Waals surface area contributed by atoms with Crippen molar-refractivity contribution in [3.05, 3.63) is 53.6 Å². The summed E-state index contributed by atoms with van der Waals surface area (Å²) in [5.74, 6) is 0. The second-order valence-electron chi connectivity index (χ2n) is 4.53. The molecular weight excluding hydrogens is 238 g/mol. The van der Waals surface area contributed by atoms with Crippen LogP contribution >= 0.6 is 0 Å². The molecule has 0 fully saturated rings. The summed E-state index contributed by atoms with van der Waals surface area (Å²) in [6.07, 6.45) is 0. The fourth-order valence-electron chi connectivity index (χ4n) is 2.09. The SMILES string of the molecule is COCc1ccc(C)c(-n2nc3ccccc3n2)c1. The minimum atomic E-state index is 0.591. The van der Waals surface area contributed by atoms with Gasteiger partial charge in [-0.3, -0.25) is 0 Å². The molecule has 3 aromatic rings. The summed E-state index contributed by atoms with van der Waals surface area (Å²) >= 11 is 0. The second-order valence-corrected chi connectivity index (χ2v) is 4.53. The Morgan fingerprint density at radius 1 is 1.05 bits per heavy atom. The third-order valence-corrected chi connectivity index (χ3v) is 3.09. The number of hydrogen-bond acceptors (Lipinski definition) is 3. The topological polar surface area (TPSA) is 39.9 Å². The zero-order chi connectivity index (χ0) is 13.2. The van der Waals surface area contributed by atoms with Gasteiger partial charge in [0.15, 0.2) is 0 Å². The zero-order valence-corrected chi connectivity index (χ0v) is 11.0. The Morgan fingerprint density at radius 3 is 2.37 bits per heavy atom. The monoisotopic (exact) mass is 253 g/mol. The van der Waals surface area contributed by atoms with Crippen LogP contribution in [0.15, 0.2) is 42.5 Å². The summed E-state index contributed by atoms with van der Waals surface area (Å²) in [7, 11) is 1.69. The maximum absolute atomic E-state index is 5.17. The molecule has 2 aromatic carbocycles. The lowest BCUT2D eigenvalue weighted by Crippen LogP contribution is -2.02. The molecule has 0 aliphatic rings. The summed E-state index contributed by atoms with van der Waals surface area (Å²) in [6.45, 7) is 2.65. The van der Waals surface area contributed by atoms with Crippen LogP contribution in [0.2, 0.25) is 0 Å². The van der Waals surface area contributed by atoms with Crippen LogP contribution in [0.4, 0.5) is 0 Å². The highest BCUT2D eigenvalue weighted by atomic mass is 16.5. The zero-order valence-electron chi connectivity index (χ0n) is 11.0. The highest BCUT2D eigenvalue weighted by Crippen LogP contribution is 2.17. The number of hydrogen-bond donors (Lipinski definition) is 0. The Bertz CT molecular complexity index is 685. The van der Waals surface area contributed by atoms with Crippen molar-refractivity contribution in [2.24, 2.45) is 0 Å². The van der Waals surface area contributed by atoms with Gasteiger partial charge in [-0.1, -0.05) is 24.3 Å². The van der Waals surface area contributed by atoms with Crippen molar-refractivity contribution in [1.29, 1.82) is 0 Å². The Kier molecular flexibility index (Phi) is 3.01. The number of aromatic nitrogens is 3. The molecule has 4 heteroatoms. The van der Waals surface area contributed by atoms with Gasteiger partial charge in [-0.25, -0.2) is 0 Å². The van der Waals surface area contributed by atoms with Gasteiger partial charge in [-0.05, 0) is 36.2 Å². The highest BCUT2D eigenvalue weighted by molar-refractivity contribution is 5.73. The average molecular weight is 253 g/mol. The molecule has 0 saturated heterocycles. The Hall–Kier alpha value is -2.20. The molecule has 0 spiro atoms. The molecule has 1 aromatic heterocycles. The molecule has 0 saturated carbocycles. The lowest BCUT2D eigenvalue weighted by Gasteiger charge is -2.07. The first-order valence-corrected chi connectivity index (χ1v) is 6.19. The molecule has 0 radical (unpaired) electrons. The van der Waals surface area contributed by atoms with Crippen LogP contribution in [-0.4, -0.2) is 22.1 Å². The molecule has 3 rings (SSSR count). The normalized spacial score (nSPS) is 11.1. The van der Waals surface area contributed by atoms with Crippen molar-refractivity contribution in [2.45, 2.75) is 13.5 Å². The Morgan fingerprint density at radius 2 is 1.74 bits per heavy atom. The summed E-state index contributed by atoms with van der Waals surface area (Å²) < 4.78 is 5.17. The smallest absolute Gasteiger partial charge is 0.113 e. The van der Waals surface area contributed by atoms with E-state index in [1.807, 2.05) is 24.3 Å². The Labute approximate surface area is 111 Å². The Balaban J connectivity index is 2.11. The highest BCUT2D eigenvalue weighted by Gasteiger charge is 2.07. The van der Waals surface area contributed by atoms with Gasteiger partial charge in [0.05, 0.1) is 12.3 Å². The minimum absolute atomic E-state index is 0.591. The minimum Gasteiger partial charge on any atom is -0.380 e. The van der Waals surface area contributed by atoms with Crippen molar-refractivity contribution in [3.63, 3.8) is 0 Å². The van der Waals surface area contributed by atoms with Crippen molar-refractivity contribution in [3.8, 4) is 5.69 Å². The average Bonchev–Trinajstić information content (AvgIpc) is 2.85. The summed E-state index contributed by atoms with van der Waals surface area (Å²) in [6, 6.07) is 14.1. The number of benzene rings is 2. The van der Waals surface area contributed by atoms with Crippen LogP contribution in [0.25, 0.3) is 16.7 Å². The predicted molar refractivity (Wildman–Crippen MR) is 74.3 cm³/mol. The van der Waals surface area contributed by atoms with E-state index >= 15 is 0 Å². The van der Waals surface area contributed by atoms with Crippen LogP contribution in [0.1, 0.15) is 11.1 Å². The van der Waals surface area contributed by atoms with Crippen LogP contribution < -0.4 is 0 Å². The first kappa shape index (κ1) is 11.9. The van der Waals surface area contributed by atoms with Gasteiger partial charge < -0.3 is 4.74 Å². The van der Waals surface area contributed by atoms with E-state index in [9.17, 15) is 0 Å². The maximum atomic E-state index is 5.17. The fourth-order valence-corrected chi connectivity index (χ4v) is 2.09. The van der Waals surface area contributed by atoms with E-state index in [-0.39, 0.29) is 0 Å². The van der Waals surface area contributed by atoms with Gasteiger partial charge in [0.2, 0.25) is 0 Å². The van der Waals surface area contributed by atoms with E-state index in [1.165, 1.54) is 0 Å². The van der Waals surface area contributed by atoms with E-state index < -0.39 is 0 Å². The number of aryl methyl sites for hydroxylation is 1. The molecule has 0 unspecified atom stereocenters. The lowest BCUT2D eigenvalue weighted by atomic mass is 10.1. The van der Waals surface area contributed by atoms with Gasteiger partial charge in [0.1, 0.15) is 11.0 Å². The van der Waals surface area contributed by atoms with E-state index in [2.05, 4.69) is 35.3 Å². The van der Waals surface area contributed by atoms with Gasteiger partial charge in [-0.2, -0.15) is 4.80 Å². The van der Waals surface area contributed by atoms with E-state index in [0.29, 0.717) is 6.61 Å². The van der Waals surface area contributed by atoms with Crippen molar-refractivity contribution < 1.29 is 4.74 Å². The molecule has 0 amide bonds. The van der Waals surface area contributed by atoms with E-state index in [4.69, 9.17) is 4.74 Å². The predicted octanol–water partition coefficient (Wildman–Crippen LogP) is 2.88. The molecule has 0 aliphatic carbocycles. The second kappa shape index (κ2) is 4.82. The molecule has 0 aliphatic heterocycles. The number of methoxy groups -OCH3 is 1. The molecule has 0 bridgehead atoms. The van der Waals surface area contributed by atoms with Crippen LogP contribution in [0.3, 0.4) is 0 Å². The lowest BCUT2D eigenvalue weighted by molar-refractivity contribution is 0.185. The van der Waals surface area contributed by atoms with Crippen LogP contribution in [-0.2, 0) is 11.3 Å². The summed E-state index contributed by atoms with van der Waals surface area (Å²) in [5, 5.41) is 9.02. The first-order chi connectivity index (χ1) is 9.28. The molecule has 96 valence electrons. The third-order valence-electron chi connectivity index (χ3n) is 3.09. The number of fused-ring (bicyclic) bond motifs is 1. The number of nitrogens with zero attached hydrogens (tertiary/aromatic N) is 3. The van der Waals surface area contributed by atoms with Gasteiger partial charge in [0.25, 0.3) is 0 Å². The number of ether oxygens (including phenoxy) is 1. The van der Waals surface area contributed by atoms with Crippen LogP contribution in [0.5, 0.6) is 0 Å². The summed E-state index contributed by atoms with van der Waals surface area (Å²) in [5.41, 5.74) is 5.05. The maximum Gasteiger partial charge on any atom is 0.113 e. The molecule has 1 heterocycles. The first-order valence-electron chi connectivity index (χ1n) is 6.19. The molecule has 0 atom stereocenters. The van der Waals surface area contributed by atoms with Gasteiger partial charge in [-0.15, -0.1) is 10.2 Å². The fraction of sp³-hybridized carbons (Fsp3) is 0.200. The van der Waals surface area contributed by atoms with Crippen LogP contribution in [0, 0.1) is 6.92 Å². The van der Waals surface area contributed by atoms with Gasteiger partial charge >= 0.3 is 0 Å². The van der Waals surface area contributed by atoms with Crippen molar-refractivity contribution in [2.75, 3.05) is 7.11 Å². The standard InChI is InChI=1S/C15H15N3O/c1-11-7-8-12(10-19-2)9-15(11)18-16-13-5-3-4-6-14(13)17-18/h3-9H,10H2,1-2H3.